The SMILES string of the molecule is c1ccc(-c2c3c(c(-c4cccc(-c5ccc6c7c(cccc57)-c5ccccc5-6)c4)c4ccccc24)-c2cccc4cccc-3c24)cc1. The Hall–Kier alpha value is -6.24. The van der Waals surface area contributed by atoms with Gasteiger partial charge in [-0.15, -0.1) is 0 Å². The number of hydrogen-bond donors (Lipinski definition) is 0. The first-order valence-electron chi connectivity index (χ1n) is 16.8. The lowest BCUT2D eigenvalue weighted by Crippen LogP contribution is -1.94. The van der Waals surface area contributed by atoms with Crippen molar-refractivity contribution in [3.05, 3.63) is 170 Å². The molecule has 0 spiro atoms. The average molecular weight is 605 g/mol. The van der Waals surface area contributed by atoms with Crippen molar-refractivity contribution in [1.29, 1.82) is 0 Å². The van der Waals surface area contributed by atoms with Crippen LogP contribution in [0.3, 0.4) is 0 Å². The summed E-state index contributed by atoms with van der Waals surface area (Å²) in [7, 11) is 0. The monoisotopic (exact) mass is 604 g/mol. The minimum atomic E-state index is 1.24. The molecule has 2 aliphatic rings. The van der Waals surface area contributed by atoms with Gasteiger partial charge < -0.3 is 0 Å². The van der Waals surface area contributed by atoms with Crippen LogP contribution in [0.5, 0.6) is 0 Å². The van der Waals surface area contributed by atoms with E-state index in [1.807, 2.05) is 0 Å². The van der Waals surface area contributed by atoms with Gasteiger partial charge in [-0.1, -0.05) is 164 Å². The first-order chi connectivity index (χ1) is 23.8. The minimum Gasteiger partial charge on any atom is -0.0622 e. The van der Waals surface area contributed by atoms with E-state index in [0.29, 0.717) is 0 Å². The van der Waals surface area contributed by atoms with Gasteiger partial charge in [-0.25, -0.2) is 0 Å². The molecular formula is C48H28. The lowest BCUT2D eigenvalue weighted by Gasteiger charge is -2.21. The molecule has 0 atom stereocenters. The third-order valence-electron chi connectivity index (χ3n) is 10.7. The van der Waals surface area contributed by atoms with Gasteiger partial charge in [0.25, 0.3) is 0 Å². The fraction of sp³-hybridized carbons (Fsp3) is 0. The Morgan fingerprint density at radius 3 is 1.44 bits per heavy atom. The van der Waals surface area contributed by atoms with Crippen LogP contribution in [0.2, 0.25) is 0 Å². The molecule has 0 radical (unpaired) electrons. The zero-order chi connectivity index (χ0) is 31.3. The molecule has 0 heterocycles. The number of rotatable bonds is 3. The van der Waals surface area contributed by atoms with Crippen LogP contribution in [-0.4, -0.2) is 0 Å². The highest BCUT2D eigenvalue weighted by Gasteiger charge is 2.30. The van der Waals surface area contributed by atoms with E-state index in [0.717, 1.165) is 0 Å². The van der Waals surface area contributed by atoms with Gasteiger partial charge in [0.2, 0.25) is 0 Å². The molecule has 0 nitrogen and oxygen atoms in total. The van der Waals surface area contributed by atoms with Gasteiger partial charge in [0.05, 0.1) is 0 Å². The molecule has 9 aromatic carbocycles. The van der Waals surface area contributed by atoms with Gasteiger partial charge in [0.1, 0.15) is 0 Å². The van der Waals surface area contributed by atoms with Crippen LogP contribution < -0.4 is 0 Å². The molecule has 48 heavy (non-hydrogen) atoms. The van der Waals surface area contributed by atoms with E-state index in [-0.39, 0.29) is 0 Å². The third kappa shape index (κ3) is 3.39. The van der Waals surface area contributed by atoms with Crippen molar-refractivity contribution in [1.82, 2.24) is 0 Å². The molecule has 0 N–H and O–H groups in total. The zero-order valence-electron chi connectivity index (χ0n) is 26.2. The molecule has 0 bridgehead atoms. The Kier molecular flexibility index (Phi) is 5.20. The summed E-state index contributed by atoms with van der Waals surface area (Å²) in [5.74, 6) is 0. The topological polar surface area (TPSA) is 0 Å². The van der Waals surface area contributed by atoms with E-state index in [4.69, 9.17) is 0 Å². The van der Waals surface area contributed by atoms with E-state index >= 15 is 0 Å². The smallest absolute Gasteiger partial charge is 0.000741 e. The lowest BCUT2D eigenvalue weighted by atomic mass is 9.82. The largest absolute Gasteiger partial charge is 0.0622 e. The predicted octanol–water partition coefficient (Wildman–Crippen LogP) is 13.4. The molecule has 0 amide bonds. The van der Waals surface area contributed by atoms with Gasteiger partial charge >= 0.3 is 0 Å². The molecule has 2 aliphatic carbocycles. The summed E-state index contributed by atoms with van der Waals surface area (Å²) >= 11 is 0. The van der Waals surface area contributed by atoms with Crippen LogP contribution in [0.4, 0.5) is 0 Å². The van der Waals surface area contributed by atoms with Gasteiger partial charge in [0.15, 0.2) is 0 Å². The van der Waals surface area contributed by atoms with Crippen molar-refractivity contribution in [3.8, 4) is 77.9 Å². The van der Waals surface area contributed by atoms with Gasteiger partial charge in [0, 0.05) is 0 Å². The molecule has 0 unspecified atom stereocenters. The van der Waals surface area contributed by atoms with Gasteiger partial charge in [-0.2, -0.15) is 0 Å². The molecule has 11 rings (SSSR count). The summed E-state index contributed by atoms with van der Waals surface area (Å²) in [6, 6.07) is 63.1. The molecule has 0 aliphatic heterocycles. The van der Waals surface area contributed by atoms with E-state index < -0.39 is 0 Å². The second kappa shape index (κ2) is 9.64. The highest BCUT2D eigenvalue weighted by Crippen LogP contribution is 2.58. The highest BCUT2D eigenvalue weighted by atomic mass is 14.3. The summed E-state index contributed by atoms with van der Waals surface area (Å²) in [4.78, 5) is 0. The number of fused-ring (bicyclic) bond motifs is 7. The molecule has 9 aromatic rings. The van der Waals surface area contributed by atoms with E-state index in [2.05, 4.69) is 170 Å². The standard InChI is InChI=1S/C48H28/c1-2-12-30(13-3-1)44-38-20-6-7-21-39(38)45(48-42-25-10-15-29-14-9-24-41(43(29)42)47(44)48)32-17-8-16-31(28-32)33-26-27-40-35-19-5-4-18-34(35)37-23-11-22-36(33)46(37)40/h1-28H. The van der Waals surface area contributed by atoms with E-state index in [1.165, 1.54) is 110 Å². The maximum atomic E-state index is 2.43. The Morgan fingerprint density at radius 1 is 0.229 bits per heavy atom. The first-order valence-corrected chi connectivity index (χ1v) is 16.8. The van der Waals surface area contributed by atoms with Crippen LogP contribution in [0.15, 0.2) is 170 Å². The summed E-state index contributed by atoms with van der Waals surface area (Å²) in [5, 5.41) is 7.89. The molecule has 0 saturated heterocycles. The third-order valence-corrected chi connectivity index (χ3v) is 10.7. The zero-order valence-corrected chi connectivity index (χ0v) is 26.2. The Morgan fingerprint density at radius 2 is 0.708 bits per heavy atom. The molecule has 0 aromatic heterocycles. The maximum absolute atomic E-state index is 2.43. The van der Waals surface area contributed by atoms with Crippen LogP contribution in [0, 0.1) is 0 Å². The van der Waals surface area contributed by atoms with Crippen LogP contribution in [0.1, 0.15) is 0 Å². The maximum Gasteiger partial charge on any atom is -0.000741 e. The fourth-order valence-corrected chi connectivity index (χ4v) is 8.84. The van der Waals surface area contributed by atoms with Crippen molar-refractivity contribution < 1.29 is 0 Å². The van der Waals surface area contributed by atoms with Crippen molar-refractivity contribution >= 4 is 32.3 Å². The van der Waals surface area contributed by atoms with Crippen molar-refractivity contribution in [3.63, 3.8) is 0 Å². The average Bonchev–Trinajstić information content (AvgIpc) is 3.66. The van der Waals surface area contributed by atoms with Gasteiger partial charge in [-0.3, -0.25) is 0 Å². The molecule has 0 saturated carbocycles. The van der Waals surface area contributed by atoms with Crippen LogP contribution in [-0.2, 0) is 0 Å². The lowest BCUT2D eigenvalue weighted by molar-refractivity contribution is 1.61. The second-order valence-corrected chi connectivity index (χ2v) is 13.1. The Balaban J connectivity index is 1.22. The Bertz CT molecular complexity index is 2780. The van der Waals surface area contributed by atoms with Crippen LogP contribution in [0.25, 0.3) is 110 Å². The van der Waals surface area contributed by atoms with E-state index in [1.54, 1.807) is 0 Å². The minimum absolute atomic E-state index is 1.24. The second-order valence-electron chi connectivity index (χ2n) is 13.1. The molecule has 0 heteroatoms. The first kappa shape index (κ1) is 25.9. The molecule has 220 valence electrons. The van der Waals surface area contributed by atoms with Crippen LogP contribution >= 0.6 is 0 Å². The summed E-state index contributed by atoms with van der Waals surface area (Å²) in [6.45, 7) is 0. The molecular weight excluding hydrogens is 577 g/mol. The summed E-state index contributed by atoms with van der Waals surface area (Å²) < 4.78 is 0. The summed E-state index contributed by atoms with van der Waals surface area (Å²) in [5.41, 5.74) is 18.3. The van der Waals surface area contributed by atoms with Crippen molar-refractivity contribution in [2.75, 3.05) is 0 Å². The number of hydrogen-bond acceptors (Lipinski definition) is 0. The summed E-state index contributed by atoms with van der Waals surface area (Å²) in [6.07, 6.45) is 0. The fourth-order valence-electron chi connectivity index (χ4n) is 8.84. The number of benzene rings is 9. The predicted molar refractivity (Wildman–Crippen MR) is 204 cm³/mol. The normalized spacial score (nSPS) is 12.2. The van der Waals surface area contributed by atoms with Gasteiger partial charge in [-0.05, 0) is 116 Å². The van der Waals surface area contributed by atoms with Crippen molar-refractivity contribution in [2.45, 2.75) is 0 Å². The van der Waals surface area contributed by atoms with Crippen molar-refractivity contribution in [2.24, 2.45) is 0 Å². The Labute approximate surface area is 279 Å². The molecule has 0 fully saturated rings. The van der Waals surface area contributed by atoms with E-state index in [9.17, 15) is 0 Å². The highest BCUT2D eigenvalue weighted by molar-refractivity contribution is 6.27. The quantitative estimate of drug-likeness (QED) is 0.188.